The molecule has 0 aliphatic heterocycles. The molecule has 2 aromatic rings. The molecule has 0 atom stereocenters. The van der Waals surface area contributed by atoms with E-state index in [1.807, 2.05) is 0 Å². The van der Waals surface area contributed by atoms with Crippen molar-refractivity contribution in [2.75, 3.05) is 5.32 Å². The van der Waals surface area contributed by atoms with E-state index >= 15 is 0 Å². The van der Waals surface area contributed by atoms with Gasteiger partial charge in [-0.25, -0.2) is 9.37 Å². The summed E-state index contributed by atoms with van der Waals surface area (Å²) in [7, 11) is 0. The number of aryl methyl sites for hydroxylation is 1. The number of thiazole rings is 1. The van der Waals surface area contributed by atoms with Crippen LogP contribution in [0.25, 0.3) is 0 Å². The third-order valence-corrected chi connectivity index (χ3v) is 4.50. The Morgan fingerprint density at radius 3 is 2.12 bits per heavy atom. The Labute approximate surface area is 146 Å². The number of halogens is 8. The average molecular weight is 407 g/mol. The lowest BCUT2D eigenvalue weighted by Crippen LogP contribution is -2.50. The smallest absolute Gasteiger partial charge is 0.380 e. The first kappa shape index (κ1) is 19.8. The van der Waals surface area contributed by atoms with Crippen molar-refractivity contribution in [3.63, 3.8) is 0 Å². The van der Waals surface area contributed by atoms with Gasteiger partial charge in [0.25, 0.3) is 0 Å². The number of benzene rings is 1. The zero-order valence-corrected chi connectivity index (χ0v) is 14.0. The van der Waals surface area contributed by atoms with Gasteiger partial charge in [-0.2, -0.15) is 26.3 Å². The summed E-state index contributed by atoms with van der Waals surface area (Å²) in [4.78, 5) is 4.50. The molecule has 0 aliphatic carbocycles. The van der Waals surface area contributed by atoms with Crippen molar-refractivity contribution in [3.8, 4) is 0 Å². The van der Waals surface area contributed by atoms with Crippen LogP contribution in [0.3, 0.4) is 0 Å². The highest BCUT2D eigenvalue weighted by atomic mass is 35.5. The molecule has 11 heteroatoms. The topological polar surface area (TPSA) is 24.9 Å². The highest BCUT2D eigenvalue weighted by Gasteiger charge is 2.73. The van der Waals surface area contributed by atoms with Crippen LogP contribution in [-0.4, -0.2) is 17.3 Å². The van der Waals surface area contributed by atoms with Gasteiger partial charge in [0, 0.05) is 22.3 Å². The lowest BCUT2D eigenvalue weighted by atomic mass is 9.92. The molecule has 0 unspecified atom stereocenters. The van der Waals surface area contributed by atoms with Crippen LogP contribution in [0.1, 0.15) is 16.0 Å². The quantitative estimate of drug-likeness (QED) is 0.629. The highest BCUT2D eigenvalue weighted by molar-refractivity contribution is 7.15. The summed E-state index contributed by atoms with van der Waals surface area (Å²) in [6.07, 6.45) is -10.8. The van der Waals surface area contributed by atoms with Gasteiger partial charge in [0.1, 0.15) is 0 Å². The van der Waals surface area contributed by atoms with E-state index in [0.717, 1.165) is 17.4 Å². The zero-order valence-electron chi connectivity index (χ0n) is 12.4. The number of aromatic nitrogens is 1. The minimum Gasteiger partial charge on any atom is -0.380 e. The Kier molecular flexibility index (Phi) is 5.25. The van der Waals surface area contributed by atoms with Gasteiger partial charge in [0.05, 0.1) is 6.54 Å². The zero-order chi connectivity index (χ0) is 19.0. The number of hydrogen-bond acceptors (Lipinski definition) is 3. The van der Waals surface area contributed by atoms with Crippen molar-refractivity contribution in [1.82, 2.24) is 4.98 Å². The molecular weight excluding hydrogens is 397 g/mol. The fourth-order valence-corrected chi connectivity index (χ4v) is 3.03. The van der Waals surface area contributed by atoms with Crippen LogP contribution >= 0.6 is 22.9 Å². The van der Waals surface area contributed by atoms with Crippen LogP contribution in [0, 0.1) is 6.92 Å². The van der Waals surface area contributed by atoms with Crippen molar-refractivity contribution in [2.24, 2.45) is 0 Å². The monoisotopic (exact) mass is 406 g/mol. The first-order valence-electron chi connectivity index (χ1n) is 6.64. The van der Waals surface area contributed by atoms with Gasteiger partial charge in [-0.1, -0.05) is 23.7 Å². The van der Waals surface area contributed by atoms with Crippen LogP contribution in [-0.2, 0) is 12.2 Å². The van der Waals surface area contributed by atoms with Crippen LogP contribution < -0.4 is 5.32 Å². The molecule has 1 aromatic carbocycles. The summed E-state index contributed by atoms with van der Waals surface area (Å²) in [6.45, 7) is 1.49. The number of alkyl halides is 7. The van der Waals surface area contributed by atoms with E-state index in [4.69, 9.17) is 11.6 Å². The molecule has 0 spiro atoms. The summed E-state index contributed by atoms with van der Waals surface area (Å²) in [5.74, 6) is 0. The predicted octanol–water partition coefficient (Wildman–Crippen LogP) is 6.01. The van der Waals surface area contributed by atoms with E-state index in [2.05, 4.69) is 10.3 Å². The van der Waals surface area contributed by atoms with E-state index in [1.165, 1.54) is 13.1 Å². The molecule has 2 rings (SSSR count). The van der Waals surface area contributed by atoms with E-state index < -0.39 is 23.6 Å². The average Bonchev–Trinajstić information content (AvgIpc) is 2.88. The van der Waals surface area contributed by atoms with Crippen molar-refractivity contribution in [1.29, 1.82) is 0 Å². The van der Waals surface area contributed by atoms with Crippen LogP contribution in [0.15, 0.2) is 24.4 Å². The number of nitrogens with one attached hydrogen (secondary N) is 1. The molecular formula is C14H10ClF7N2S. The first-order chi connectivity index (χ1) is 11.4. The number of nitrogens with zero attached hydrogens (tertiary/aromatic N) is 1. The second-order valence-corrected chi connectivity index (χ2v) is 6.81. The highest BCUT2D eigenvalue weighted by Crippen LogP contribution is 2.53. The van der Waals surface area contributed by atoms with Gasteiger partial charge in [-0.15, -0.1) is 11.3 Å². The Bertz CT molecular complexity index is 740. The molecule has 0 radical (unpaired) electrons. The lowest BCUT2D eigenvalue weighted by Gasteiger charge is -2.30. The number of hydrogen-bond donors (Lipinski definition) is 1. The third kappa shape index (κ3) is 3.84. The lowest BCUT2D eigenvalue weighted by molar-refractivity contribution is -0.348. The van der Waals surface area contributed by atoms with E-state index in [1.54, 1.807) is 0 Å². The molecule has 1 aromatic heterocycles. The Hall–Kier alpha value is -1.55. The number of rotatable bonds is 4. The maximum absolute atomic E-state index is 14.0. The van der Waals surface area contributed by atoms with Crippen molar-refractivity contribution >= 4 is 28.6 Å². The summed E-state index contributed by atoms with van der Waals surface area (Å²) >= 11 is 6.82. The van der Waals surface area contributed by atoms with Gasteiger partial charge in [0.2, 0.25) is 0 Å². The Balaban J connectivity index is 2.31. The van der Waals surface area contributed by atoms with E-state index in [-0.39, 0.29) is 17.8 Å². The molecule has 1 N–H and O–H groups in total. The summed E-state index contributed by atoms with van der Waals surface area (Å²) in [5.41, 5.74) is -6.66. The fraction of sp³-hybridized carbons (Fsp3) is 0.357. The SMILES string of the molecule is Cc1cc(C(F)(C(F)(F)F)C(F)(F)F)ccc1NCc1cnc(Cl)s1. The predicted molar refractivity (Wildman–Crippen MR) is 80.5 cm³/mol. The molecule has 0 saturated carbocycles. The largest absolute Gasteiger partial charge is 0.435 e. The molecule has 138 valence electrons. The Morgan fingerprint density at radius 1 is 1.08 bits per heavy atom. The molecule has 25 heavy (non-hydrogen) atoms. The molecule has 0 amide bonds. The summed E-state index contributed by atoms with van der Waals surface area (Å²) in [6, 6.07) is 1.97. The van der Waals surface area contributed by atoms with E-state index in [9.17, 15) is 30.7 Å². The molecule has 1 heterocycles. The van der Waals surface area contributed by atoms with Gasteiger partial charge >= 0.3 is 18.0 Å². The fourth-order valence-electron chi connectivity index (χ4n) is 2.11. The standard InChI is InChI=1S/C14H10ClF7N2S/c1-7-4-8(12(16,13(17,18)19)14(20,21)22)2-3-10(7)23-5-9-6-24-11(15)25-9/h2-4,6,23H,5H2,1H3. The van der Waals surface area contributed by atoms with Crippen LogP contribution in [0.4, 0.5) is 36.4 Å². The van der Waals surface area contributed by atoms with Crippen molar-refractivity contribution in [2.45, 2.75) is 31.5 Å². The first-order valence-corrected chi connectivity index (χ1v) is 7.83. The summed E-state index contributed by atoms with van der Waals surface area (Å²) in [5, 5.41) is 2.83. The van der Waals surface area contributed by atoms with E-state index in [0.29, 0.717) is 21.5 Å². The van der Waals surface area contributed by atoms with Gasteiger partial charge < -0.3 is 5.32 Å². The maximum Gasteiger partial charge on any atom is 0.435 e. The van der Waals surface area contributed by atoms with Gasteiger partial charge in [-0.05, 0) is 18.6 Å². The molecule has 0 saturated heterocycles. The second kappa shape index (κ2) is 6.64. The minimum atomic E-state index is -6.13. The van der Waals surface area contributed by atoms with Gasteiger partial charge in [-0.3, -0.25) is 0 Å². The van der Waals surface area contributed by atoms with Crippen LogP contribution in [0.2, 0.25) is 4.47 Å². The van der Waals surface area contributed by atoms with Crippen molar-refractivity contribution < 1.29 is 30.7 Å². The van der Waals surface area contributed by atoms with Crippen molar-refractivity contribution in [3.05, 3.63) is 44.9 Å². The maximum atomic E-state index is 14.0. The molecule has 2 nitrogen and oxygen atoms in total. The van der Waals surface area contributed by atoms with Crippen LogP contribution in [0.5, 0.6) is 0 Å². The number of anilines is 1. The molecule has 0 fully saturated rings. The minimum absolute atomic E-state index is 0.0311. The Morgan fingerprint density at radius 2 is 1.68 bits per heavy atom. The molecule has 0 bridgehead atoms. The second-order valence-electron chi connectivity index (χ2n) is 5.12. The van der Waals surface area contributed by atoms with Gasteiger partial charge in [0.15, 0.2) is 4.47 Å². The third-order valence-electron chi connectivity index (χ3n) is 3.38. The summed E-state index contributed by atoms with van der Waals surface area (Å²) < 4.78 is 90.9. The normalized spacial score (nSPS) is 13.2. The molecule has 0 aliphatic rings.